The van der Waals surface area contributed by atoms with E-state index in [1.807, 2.05) is 6.26 Å². The molecule has 70 valence electrons. The number of carbonyl (C=O) groups is 2. The minimum Gasteiger partial charge on any atom is -0.481 e. The fourth-order valence-corrected chi connectivity index (χ4v) is 1.01. The SMILES string of the molecule is CSCC(=O)NCCCC(=O)O. The van der Waals surface area contributed by atoms with Crippen LogP contribution >= 0.6 is 11.8 Å². The van der Waals surface area contributed by atoms with Crippen LogP contribution in [0.25, 0.3) is 0 Å². The molecule has 12 heavy (non-hydrogen) atoms. The minimum atomic E-state index is -0.825. The number of amides is 1. The molecule has 0 aliphatic rings. The molecule has 0 unspecified atom stereocenters. The van der Waals surface area contributed by atoms with Crippen LogP contribution < -0.4 is 5.32 Å². The van der Waals surface area contributed by atoms with E-state index in [-0.39, 0.29) is 12.3 Å². The van der Waals surface area contributed by atoms with Crippen LogP contribution in [-0.2, 0) is 9.59 Å². The molecule has 0 heterocycles. The van der Waals surface area contributed by atoms with Crippen LogP contribution in [0.3, 0.4) is 0 Å². The van der Waals surface area contributed by atoms with E-state index >= 15 is 0 Å². The Morgan fingerprint density at radius 2 is 2.17 bits per heavy atom. The number of carbonyl (C=O) groups excluding carboxylic acids is 1. The van der Waals surface area contributed by atoms with Gasteiger partial charge in [0.05, 0.1) is 5.75 Å². The molecule has 1 amide bonds. The van der Waals surface area contributed by atoms with Gasteiger partial charge in [0.25, 0.3) is 0 Å². The van der Waals surface area contributed by atoms with Crippen molar-refractivity contribution < 1.29 is 14.7 Å². The second-order valence-electron chi connectivity index (χ2n) is 2.28. The standard InChI is InChI=1S/C7H13NO3S/c1-12-5-6(9)8-4-2-3-7(10)11/h2-5H2,1H3,(H,8,9)(H,10,11). The maximum Gasteiger partial charge on any atom is 0.303 e. The molecule has 0 saturated heterocycles. The van der Waals surface area contributed by atoms with Crippen LogP contribution in [0.15, 0.2) is 0 Å². The predicted octanol–water partition coefficient (Wildman–Crippen LogP) is 0.330. The summed E-state index contributed by atoms with van der Waals surface area (Å²) < 4.78 is 0. The molecule has 0 aromatic rings. The lowest BCUT2D eigenvalue weighted by Gasteiger charge is -2.01. The Hall–Kier alpha value is -0.710. The number of nitrogens with one attached hydrogen (secondary N) is 1. The molecule has 0 radical (unpaired) electrons. The van der Waals surface area contributed by atoms with E-state index < -0.39 is 5.97 Å². The summed E-state index contributed by atoms with van der Waals surface area (Å²) >= 11 is 1.45. The zero-order chi connectivity index (χ0) is 9.40. The third-order valence-electron chi connectivity index (χ3n) is 1.17. The first-order chi connectivity index (χ1) is 5.66. The Labute approximate surface area is 75.7 Å². The third-order valence-corrected chi connectivity index (χ3v) is 1.72. The van der Waals surface area contributed by atoms with Gasteiger partial charge in [0.15, 0.2) is 0 Å². The van der Waals surface area contributed by atoms with Gasteiger partial charge in [0, 0.05) is 13.0 Å². The molecule has 0 atom stereocenters. The van der Waals surface area contributed by atoms with Crippen molar-refractivity contribution in [2.75, 3.05) is 18.6 Å². The molecule has 5 heteroatoms. The summed E-state index contributed by atoms with van der Waals surface area (Å²) in [5, 5.41) is 10.9. The molecule has 0 fully saturated rings. The molecule has 4 nitrogen and oxygen atoms in total. The van der Waals surface area contributed by atoms with Gasteiger partial charge >= 0.3 is 5.97 Å². The van der Waals surface area contributed by atoms with Crippen LogP contribution in [0, 0.1) is 0 Å². The van der Waals surface area contributed by atoms with Gasteiger partial charge in [-0.25, -0.2) is 0 Å². The fourth-order valence-electron chi connectivity index (χ4n) is 0.650. The number of thioether (sulfide) groups is 1. The van der Waals surface area contributed by atoms with E-state index in [2.05, 4.69) is 5.32 Å². The smallest absolute Gasteiger partial charge is 0.303 e. The molecular formula is C7H13NO3S. The highest BCUT2D eigenvalue weighted by atomic mass is 32.2. The number of rotatable bonds is 6. The summed E-state index contributed by atoms with van der Waals surface area (Å²) in [6.45, 7) is 0.450. The van der Waals surface area contributed by atoms with Gasteiger partial charge in [0.1, 0.15) is 0 Å². The maximum absolute atomic E-state index is 10.8. The first-order valence-electron chi connectivity index (χ1n) is 3.64. The Balaban J connectivity index is 3.19. The van der Waals surface area contributed by atoms with E-state index in [4.69, 9.17) is 5.11 Å². The Morgan fingerprint density at radius 3 is 2.67 bits per heavy atom. The largest absolute Gasteiger partial charge is 0.481 e. The van der Waals surface area contributed by atoms with E-state index in [1.54, 1.807) is 0 Å². The van der Waals surface area contributed by atoms with Crippen molar-refractivity contribution >= 4 is 23.6 Å². The normalized spacial score (nSPS) is 9.42. The average molecular weight is 191 g/mol. The number of hydrogen-bond donors (Lipinski definition) is 2. The summed E-state index contributed by atoms with van der Waals surface area (Å²) in [5.74, 6) is -0.422. The quantitative estimate of drug-likeness (QED) is 0.594. The Bertz CT molecular complexity index is 161. The molecule has 0 rings (SSSR count). The predicted molar refractivity (Wildman–Crippen MR) is 48.3 cm³/mol. The van der Waals surface area contributed by atoms with Crippen LogP contribution in [-0.4, -0.2) is 35.5 Å². The zero-order valence-electron chi connectivity index (χ0n) is 7.00. The highest BCUT2D eigenvalue weighted by molar-refractivity contribution is 7.99. The van der Waals surface area contributed by atoms with Crippen LogP contribution in [0.4, 0.5) is 0 Å². The van der Waals surface area contributed by atoms with Gasteiger partial charge in [-0.2, -0.15) is 11.8 Å². The number of carboxylic acid groups (broad SMARTS) is 1. The van der Waals surface area contributed by atoms with Gasteiger partial charge in [-0.15, -0.1) is 0 Å². The highest BCUT2D eigenvalue weighted by Crippen LogP contribution is 1.90. The topological polar surface area (TPSA) is 66.4 Å². The molecule has 0 aromatic heterocycles. The van der Waals surface area contributed by atoms with Crippen LogP contribution in [0.1, 0.15) is 12.8 Å². The van der Waals surface area contributed by atoms with Crippen molar-refractivity contribution in [3.63, 3.8) is 0 Å². The first kappa shape index (κ1) is 11.3. The van der Waals surface area contributed by atoms with E-state index in [1.165, 1.54) is 11.8 Å². The fraction of sp³-hybridized carbons (Fsp3) is 0.714. The lowest BCUT2D eigenvalue weighted by atomic mass is 10.3. The van der Waals surface area contributed by atoms with Crippen LogP contribution in [0.5, 0.6) is 0 Å². The molecule has 2 N–H and O–H groups in total. The minimum absolute atomic E-state index is 0.0344. The summed E-state index contributed by atoms with van der Waals surface area (Å²) in [7, 11) is 0. The lowest BCUT2D eigenvalue weighted by Crippen LogP contribution is -2.26. The second kappa shape index (κ2) is 6.97. The van der Waals surface area contributed by atoms with Crippen molar-refractivity contribution in [3.05, 3.63) is 0 Å². The molecule has 0 saturated carbocycles. The van der Waals surface area contributed by atoms with Gasteiger partial charge in [0.2, 0.25) is 5.91 Å². The Morgan fingerprint density at radius 1 is 1.50 bits per heavy atom. The molecular weight excluding hydrogens is 178 g/mol. The molecule has 0 bridgehead atoms. The lowest BCUT2D eigenvalue weighted by molar-refractivity contribution is -0.137. The van der Waals surface area contributed by atoms with Crippen molar-refractivity contribution in [3.8, 4) is 0 Å². The second-order valence-corrected chi connectivity index (χ2v) is 3.15. The monoisotopic (exact) mass is 191 g/mol. The summed E-state index contributed by atoms with van der Waals surface area (Å²) in [6.07, 6.45) is 2.45. The van der Waals surface area contributed by atoms with Gasteiger partial charge < -0.3 is 10.4 Å². The third kappa shape index (κ3) is 7.40. The van der Waals surface area contributed by atoms with Crippen molar-refractivity contribution in [2.24, 2.45) is 0 Å². The van der Waals surface area contributed by atoms with Gasteiger partial charge in [-0.05, 0) is 12.7 Å². The van der Waals surface area contributed by atoms with Gasteiger partial charge in [-0.1, -0.05) is 0 Å². The van der Waals surface area contributed by atoms with E-state index in [0.29, 0.717) is 18.7 Å². The highest BCUT2D eigenvalue weighted by Gasteiger charge is 1.99. The van der Waals surface area contributed by atoms with E-state index in [0.717, 1.165) is 0 Å². The van der Waals surface area contributed by atoms with Gasteiger partial charge in [-0.3, -0.25) is 9.59 Å². The maximum atomic E-state index is 10.8. The van der Waals surface area contributed by atoms with Crippen molar-refractivity contribution in [1.82, 2.24) is 5.32 Å². The number of carboxylic acids is 1. The van der Waals surface area contributed by atoms with Crippen molar-refractivity contribution in [2.45, 2.75) is 12.8 Å². The number of aliphatic carboxylic acids is 1. The van der Waals surface area contributed by atoms with E-state index in [9.17, 15) is 9.59 Å². The molecule has 0 aromatic carbocycles. The summed E-state index contributed by atoms with van der Waals surface area (Å²) in [5.41, 5.74) is 0. The molecule has 0 aliphatic heterocycles. The summed E-state index contributed by atoms with van der Waals surface area (Å²) in [4.78, 5) is 20.9. The average Bonchev–Trinajstić information content (AvgIpc) is 1.98. The Kier molecular flexibility index (Phi) is 6.55. The molecule has 0 aliphatic carbocycles. The first-order valence-corrected chi connectivity index (χ1v) is 5.03. The number of hydrogen-bond acceptors (Lipinski definition) is 3. The molecule has 0 spiro atoms. The zero-order valence-corrected chi connectivity index (χ0v) is 7.82. The van der Waals surface area contributed by atoms with Crippen LogP contribution in [0.2, 0.25) is 0 Å². The summed E-state index contributed by atoms with van der Waals surface area (Å²) in [6, 6.07) is 0. The van der Waals surface area contributed by atoms with Crippen molar-refractivity contribution in [1.29, 1.82) is 0 Å².